The normalized spacial score (nSPS) is 15.7. The first-order valence-corrected chi connectivity index (χ1v) is 11.8. The van der Waals surface area contributed by atoms with Gasteiger partial charge in [0.25, 0.3) is 0 Å². The SMILES string of the molecule is C=CCNCC=C.O=S(=O)(O)C(F)(F)C(F)(F)C(F)(F)C(F)(F)C(F)(F)C(F)(F)C(F)(F)C(F)(F)C(F)(F)C(F)(F)C(F)(F)CF. The molecule has 4 nitrogen and oxygen atoms in total. The van der Waals surface area contributed by atoms with Crippen LogP contribution in [0.15, 0.2) is 25.3 Å². The van der Waals surface area contributed by atoms with Crippen LogP contribution in [-0.4, -0.2) is 97.2 Å². The second-order valence-electron chi connectivity index (χ2n) is 8.24. The Morgan fingerprint density at radius 3 is 0.891 bits per heavy atom. The van der Waals surface area contributed by atoms with Crippen molar-refractivity contribution in [3.05, 3.63) is 25.3 Å². The minimum absolute atomic E-state index is 0.867. The molecule has 0 aliphatic rings. The average molecular weight is 761 g/mol. The highest BCUT2D eigenvalue weighted by molar-refractivity contribution is 7.87. The quantitative estimate of drug-likeness (QED) is 0.0732. The fourth-order valence-corrected chi connectivity index (χ4v) is 2.78. The zero-order chi connectivity index (χ0) is 38.2. The Morgan fingerprint density at radius 1 is 0.478 bits per heavy atom. The molecule has 276 valence electrons. The summed E-state index contributed by atoms with van der Waals surface area (Å²) in [5.74, 6) is -89.8. The zero-order valence-corrected chi connectivity index (χ0v) is 21.9. The molecule has 0 atom stereocenters. The topological polar surface area (TPSA) is 66.4 Å². The van der Waals surface area contributed by atoms with Crippen molar-refractivity contribution in [1.82, 2.24) is 5.32 Å². The highest BCUT2D eigenvalue weighted by Gasteiger charge is 2.99. The highest BCUT2D eigenvalue weighted by atomic mass is 32.2. The van der Waals surface area contributed by atoms with Crippen molar-refractivity contribution in [2.75, 3.05) is 19.8 Å². The lowest BCUT2D eigenvalue weighted by atomic mass is 9.85. The van der Waals surface area contributed by atoms with E-state index in [9.17, 15) is 109 Å². The third-order valence-corrected chi connectivity index (χ3v) is 5.95. The second-order valence-corrected chi connectivity index (χ2v) is 9.70. The van der Waals surface area contributed by atoms with Crippen molar-refractivity contribution in [3.63, 3.8) is 0 Å². The maximum atomic E-state index is 13.5. The zero-order valence-electron chi connectivity index (χ0n) is 21.1. The standard InChI is InChI=1S/C12H3F23O3S.C6H11N/c13-1-2(14,15)3(16,17)4(18,19)5(20,21)6(22,23)7(24,25)8(26,27)9(28,29)10(30,31)11(32,33)12(34,35)39(36,37)38;1-3-5-7-6-4-2/h1H2,(H,36,37,38);3-4,7H,1-2,5-6H2. The lowest BCUT2D eigenvalue weighted by molar-refractivity contribution is -0.472. The van der Waals surface area contributed by atoms with Gasteiger partial charge in [-0.05, 0) is 0 Å². The summed E-state index contributed by atoms with van der Waals surface area (Å²) in [6.45, 7) is 4.57. The van der Waals surface area contributed by atoms with Gasteiger partial charge in [0.1, 0.15) is 0 Å². The minimum atomic E-state index is -9.55. The number of hydrogen-bond donors (Lipinski definition) is 2. The Morgan fingerprint density at radius 2 is 0.696 bits per heavy atom. The molecule has 0 saturated carbocycles. The Labute approximate surface area is 240 Å². The lowest BCUT2D eigenvalue weighted by Gasteiger charge is -2.45. The molecule has 2 N–H and O–H groups in total. The molecule has 0 unspecified atom stereocenters. The van der Waals surface area contributed by atoms with Gasteiger partial charge in [-0.15, -0.1) is 13.2 Å². The van der Waals surface area contributed by atoms with Gasteiger partial charge in [0.15, 0.2) is 6.67 Å². The summed E-state index contributed by atoms with van der Waals surface area (Å²) in [4.78, 5) is 0. The van der Waals surface area contributed by atoms with E-state index in [1.807, 2.05) is 12.2 Å². The molecule has 0 spiro atoms. The summed E-state index contributed by atoms with van der Waals surface area (Å²) in [6.07, 6.45) is 3.65. The molecule has 0 aromatic heterocycles. The molecule has 0 fully saturated rings. The van der Waals surface area contributed by atoms with Crippen LogP contribution >= 0.6 is 0 Å². The van der Waals surface area contributed by atoms with Crippen LogP contribution in [-0.2, 0) is 10.1 Å². The molecule has 0 aromatic carbocycles. The maximum absolute atomic E-state index is 13.5. The molecule has 0 heterocycles. The van der Waals surface area contributed by atoms with E-state index in [-0.39, 0.29) is 0 Å². The lowest BCUT2D eigenvalue weighted by Crippen LogP contribution is -2.78. The van der Waals surface area contributed by atoms with Crippen LogP contribution in [0.25, 0.3) is 0 Å². The fourth-order valence-electron chi connectivity index (χ4n) is 2.33. The summed E-state index contributed by atoms with van der Waals surface area (Å²) in [5.41, 5.74) is 0. The first kappa shape index (κ1) is 45.9. The molecular formula is C18H14F23NO3S. The predicted octanol–water partition coefficient (Wildman–Crippen LogP) is 7.74. The van der Waals surface area contributed by atoms with E-state index in [1.165, 1.54) is 0 Å². The van der Waals surface area contributed by atoms with Crippen LogP contribution in [0.4, 0.5) is 101 Å². The van der Waals surface area contributed by atoms with Crippen molar-refractivity contribution < 1.29 is 114 Å². The van der Waals surface area contributed by atoms with E-state index in [0.717, 1.165) is 13.1 Å². The van der Waals surface area contributed by atoms with Gasteiger partial charge < -0.3 is 5.32 Å². The molecule has 0 aliphatic carbocycles. The van der Waals surface area contributed by atoms with E-state index in [4.69, 9.17) is 4.55 Å². The largest absolute Gasteiger partial charge is 0.438 e. The van der Waals surface area contributed by atoms with Crippen molar-refractivity contribution in [3.8, 4) is 0 Å². The number of hydrogen-bond acceptors (Lipinski definition) is 3. The fraction of sp³-hybridized carbons (Fsp3) is 0.778. The number of halogens is 23. The van der Waals surface area contributed by atoms with Crippen LogP contribution in [0.2, 0.25) is 0 Å². The minimum Gasteiger partial charge on any atom is -0.310 e. The Kier molecular flexibility index (Phi) is 12.9. The maximum Gasteiger partial charge on any atom is 0.438 e. The molecule has 0 rings (SSSR count). The van der Waals surface area contributed by atoms with Gasteiger partial charge in [-0.25, -0.2) is 4.39 Å². The number of rotatable bonds is 16. The first-order valence-electron chi connectivity index (χ1n) is 10.3. The van der Waals surface area contributed by atoms with E-state index >= 15 is 0 Å². The van der Waals surface area contributed by atoms with Gasteiger partial charge in [0, 0.05) is 13.1 Å². The summed E-state index contributed by atoms with van der Waals surface area (Å²) in [7, 11) is -8.17. The van der Waals surface area contributed by atoms with Gasteiger partial charge in [-0.3, -0.25) is 4.55 Å². The summed E-state index contributed by atoms with van der Waals surface area (Å²) < 4.78 is 331. The van der Waals surface area contributed by atoms with Crippen LogP contribution in [0.3, 0.4) is 0 Å². The van der Waals surface area contributed by atoms with Gasteiger partial charge in [-0.1, -0.05) is 12.2 Å². The molecule has 0 aliphatic heterocycles. The van der Waals surface area contributed by atoms with Crippen LogP contribution in [0, 0.1) is 0 Å². The third kappa shape index (κ3) is 6.44. The molecule has 0 bridgehead atoms. The van der Waals surface area contributed by atoms with Gasteiger partial charge in [-0.2, -0.15) is 105 Å². The molecule has 28 heteroatoms. The smallest absolute Gasteiger partial charge is 0.310 e. The molecular weight excluding hydrogens is 747 g/mol. The molecule has 46 heavy (non-hydrogen) atoms. The van der Waals surface area contributed by atoms with Crippen LogP contribution in [0.5, 0.6) is 0 Å². The summed E-state index contributed by atoms with van der Waals surface area (Å²) in [5, 5.41) is -5.09. The van der Waals surface area contributed by atoms with E-state index in [0.29, 0.717) is 0 Å². The van der Waals surface area contributed by atoms with Crippen LogP contribution in [0.1, 0.15) is 0 Å². The molecule has 0 saturated heterocycles. The Balaban J connectivity index is 0. The summed E-state index contributed by atoms with van der Waals surface area (Å²) in [6, 6.07) is 0. The van der Waals surface area contributed by atoms with Crippen molar-refractivity contribution in [2.45, 2.75) is 64.5 Å². The first-order chi connectivity index (χ1) is 19.7. The Bertz CT molecular complexity index is 1170. The predicted molar refractivity (Wildman–Crippen MR) is 105 cm³/mol. The second kappa shape index (κ2) is 13.0. The van der Waals surface area contributed by atoms with Crippen molar-refractivity contribution in [1.29, 1.82) is 0 Å². The average Bonchev–Trinajstić information content (AvgIpc) is 2.87. The van der Waals surface area contributed by atoms with E-state index < -0.39 is 81.3 Å². The molecule has 0 amide bonds. The van der Waals surface area contributed by atoms with Crippen LogP contribution < -0.4 is 5.32 Å². The third-order valence-electron chi connectivity index (χ3n) is 5.05. The summed E-state index contributed by atoms with van der Waals surface area (Å²) >= 11 is 0. The van der Waals surface area contributed by atoms with E-state index in [2.05, 4.69) is 18.5 Å². The monoisotopic (exact) mass is 761 g/mol. The highest BCUT2D eigenvalue weighted by Crippen LogP contribution is 2.67. The van der Waals surface area contributed by atoms with Gasteiger partial charge >= 0.3 is 74.6 Å². The van der Waals surface area contributed by atoms with Crippen molar-refractivity contribution in [2.24, 2.45) is 0 Å². The number of nitrogens with one attached hydrogen (secondary N) is 1. The number of alkyl halides is 23. The Hall–Kier alpha value is -2.26. The van der Waals surface area contributed by atoms with Gasteiger partial charge in [0.05, 0.1) is 0 Å². The molecule has 0 radical (unpaired) electrons. The van der Waals surface area contributed by atoms with Gasteiger partial charge in [0.2, 0.25) is 0 Å². The van der Waals surface area contributed by atoms with Crippen molar-refractivity contribution >= 4 is 10.1 Å². The molecule has 0 aromatic rings. The van der Waals surface area contributed by atoms with E-state index in [1.54, 1.807) is 0 Å².